The van der Waals surface area contributed by atoms with Crippen molar-refractivity contribution in [1.82, 2.24) is 5.32 Å². The van der Waals surface area contributed by atoms with Crippen molar-refractivity contribution in [2.75, 3.05) is 6.54 Å². The summed E-state index contributed by atoms with van der Waals surface area (Å²) in [6.45, 7) is 10.2. The van der Waals surface area contributed by atoms with Crippen molar-refractivity contribution < 1.29 is 0 Å². The maximum atomic E-state index is 3.61. The van der Waals surface area contributed by atoms with Crippen LogP contribution in [0.4, 0.5) is 0 Å². The highest BCUT2D eigenvalue weighted by atomic mass is 32.1. The molecular weight excluding hydrogens is 202 g/mol. The molecule has 0 saturated heterocycles. The van der Waals surface area contributed by atoms with Crippen LogP contribution in [0.15, 0.2) is 16.8 Å². The maximum absolute atomic E-state index is 3.61. The van der Waals surface area contributed by atoms with E-state index in [9.17, 15) is 0 Å². The van der Waals surface area contributed by atoms with E-state index in [0.29, 0.717) is 6.04 Å². The molecule has 0 aliphatic heterocycles. The lowest BCUT2D eigenvalue weighted by atomic mass is 9.87. The summed E-state index contributed by atoms with van der Waals surface area (Å²) in [6, 6.07) is 2.85. The van der Waals surface area contributed by atoms with Gasteiger partial charge in [-0.3, -0.25) is 0 Å². The number of hydrogen-bond acceptors (Lipinski definition) is 2. The summed E-state index contributed by atoms with van der Waals surface area (Å²) in [4.78, 5) is 0. The molecule has 2 atom stereocenters. The van der Waals surface area contributed by atoms with E-state index in [0.717, 1.165) is 24.8 Å². The zero-order valence-electron chi connectivity index (χ0n) is 10.3. The molecule has 0 bridgehead atoms. The van der Waals surface area contributed by atoms with Crippen LogP contribution in [0.2, 0.25) is 0 Å². The molecule has 0 aliphatic carbocycles. The van der Waals surface area contributed by atoms with Gasteiger partial charge >= 0.3 is 0 Å². The van der Waals surface area contributed by atoms with E-state index in [-0.39, 0.29) is 0 Å². The smallest absolute Gasteiger partial charge is 0.0136 e. The minimum absolute atomic E-state index is 0.615. The second-order valence-corrected chi connectivity index (χ2v) is 5.38. The molecule has 0 radical (unpaired) electrons. The van der Waals surface area contributed by atoms with Crippen LogP contribution >= 0.6 is 11.3 Å². The number of nitrogens with one attached hydrogen (secondary N) is 1. The normalized spacial score (nSPS) is 15.5. The van der Waals surface area contributed by atoms with Crippen molar-refractivity contribution >= 4 is 11.3 Å². The first-order chi connectivity index (χ1) is 7.15. The Labute approximate surface area is 97.9 Å². The van der Waals surface area contributed by atoms with Crippen LogP contribution in [0.5, 0.6) is 0 Å². The average molecular weight is 225 g/mol. The lowest BCUT2D eigenvalue weighted by Crippen LogP contribution is -2.38. The van der Waals surface area contributed by atoms with Gasteiger partial charge < -0.3 is 5.32 Å². The van der Waals surface area contributed by atoms with E-state index in [1.165, 1.54) is 5.56 Å². The highest BCUT2D eigenvalue weighted by molar-refractivity contribution is 7.07. The third-order valence-corrected chi connectivity index (χ3v) is 3.92. The van der Waals surface area contributed by atoms with Crippen molar-refractivity contribution in [2.24, 2.45) is 11.8 Å². The molecule has 1 aromatic rings. The number of likely N-dealkylation sites (N-methyl/N-ethyl adjacent to an activating group) is 1. The van der Waals surface area contributed by atoms with Gasteiger partial charge in [-0.15, -0.1) is 0 Å². The van der Waals surface area contributed by atoms with Crippen LogP contribution in [0.1, 0.15) is 33.3 Å². The Balaban J connectivity index is 2.57. The van der Waals surface area contributed by atoms with Crippen LogP contribution in [-0.4, -0.2) is 12.6 Å². The Bertz CT molecular complexity index is 254. The van der Waals surface area contributed by atoms with Gasteiger partial charge in [0, 0.05) is 6.04 Å². The van der Waals surface area contributed by atoms with Gasteiger partial charge in [0.25, 0.3) is 0 Å². The molecule has 0 aliphatic rings. The summed E-state index contributed by atoms with van der Waals surface area (Å²) in [7, 11) is 0. The van der Waals surface area contributed by atoms with Crippen LogP contribution in [0, 0.1) is 11.8 Å². The maximum Gasteiger partial charge on any atom is 0.0136 e. The van der Waals surface area contributed by atoms with Gasteiger partial charge in [0.2, 0.25) is 0 Å². The molecule has 1 aromatic heterocycles. The van der Waals surface area contributed by atoms with E-state index < -0.39 is 0 Å². The predicted molar refractivity (Wildman–Crippen MR) is 69.5 cm³/mol. The number of rotatable bonds is 6. The van der Waals surface area contributed by atoms with E-state index in [2.05, 4.69) is 49.8 Å². The molecule has 1 N–H and O–H groups in total. The molecule has 1 rings (SSSR count). The van der Waals surface area contributed by atoms with Gasteiger partial charge in [0.1, 0.15) is 0 Å². The molecule has 0 spiro atoms. The first kappa shape index (κ1) is 12.7. The van der Waals surface area contributed by atoms with E-state index in [1.807, 2.05) is 0 Å². The van der Waals surface area contributed by atoms with Gasteiger partial charge in [0.05, 0.1) is 0 Å². The Morgan fingerprint density at radius 3 is 2.53 bits per heavy atom. The van der Waals surface area contributed by atoms with Crippen LogP contribution in [0.25, 0.3) is 0 Å². The van der Waals surface area contributed by atoms with Crippen molar-refractivity contribution in [2.45, 2.75) is 40.2 Å². The Morgan fingerprint density at radius 2 is 2.07 bits per heavy atom. The van der Waals surface area contributed by atoms with Crippen LogP contribution in [-0.2, 0) is 6.42 Å². The number of hydrogen-bond donors (Lipinski definition) is 1. The monoisotopic (exact) mass is 225 g/mol. The lowest BCUT2D eigenvalue weighted by Gasteiger charge is -2.27. The van der Waals surface area contributed by atoms with Crippen molar-refractivity contribution in [3.05, 3.63) is 22.4 Å². The summed E-state index contributed by atoms with van der Waals surface area (Å²) < 4.78 is 0. The quantitative estimate of drug-likeness (QED) is 0.780. The zero-order valence-corrected chi connectivity index (χ0v) is 11.1. The molecule has 2 unspecified atom stereocenters. The average Bonchev–Trinajstić information content (AvgIpc) is 2.68. The molecule has 0 fully saturated rings. The Kier molecular flexibility index (Phi) is 5.34. The van der Waals surface area contributed by atoms with E-state index in [1.54, 1.807) is 11.3 Å². The van der Waals surface area contributed by atoms with Crippen molar-refractivity contribution in [3.8, 4) is 0 Å². The van der Waals surface area contributed by atoms with Gasteiger partial charge in [-0.1, -0.05) is 27.7 Å². The second-order valence-electron chi connectivity index (χ2n) is 4.60. The first-order valence-corrected chi connectivity index (χ1v) is 6.83. The highest BCUT2D eigenvalue weighted by Crippen LogP contribution is 2.19. The van der Waals surface area contributed by atoms with Crippen molar-refractivity contribution in [1.29, 1.82) is 0 Å². The SMILES string of the molecule is CCNC(Cc1ccsc1)C(C)C(C)C. The van der Waals surface area contributed by atoms with E-state index in [4.69, 9.17) is 0 Å². The lowest BCUT2D eigenvalue weighted by molar-refractivity contribution is 0.300. The van der Waals surface area contributed by atoms with Gasteiger partial charge in [-0.05, 0) is 47.2 Å². The van der Waals surface area contributed by atoms with Gasteiger partial charge in [-0.25, -0.2) is 0 Å². The van der Waals surface area contributed by atoms with Gasteiger partial charge in [-0.2, -0.15) is 11.3 Å². The molecule has 1 heterocycles. The Morgan fingerprint density at radius 1 is 1.33 bits per heavy atom. The van der Waals surface area contributed by atoms with Crippen LogP contribution in [0.3, 0.4) is 0 Å². The molecule has 15 heavy (non-hydrogen) atoms. The summed E-state index contributed by atoms with van der Waals surface area (Å²) in [5.74, 6) is 1.47. The number of thiophene rings is 1. The summed E-state index contributed by atoms with van der Waals surface area (Å²) in [6.07, 6.45) is 1.16. The first-order valence-electron chi connectivity index (χ1n) is 5.89. The molecule has 0 saturated carbocycles. The van der Waals surface area contributed by atoms with Crippen LogP contribution < -0.4 is 5.32 Å². The molecule has 1 nitrogen and oxygen atoms in total. The Hall–Kier alpha value is -0.340. The second kappa shape index (κ2) is 6.29. The highest BCUT2D eigenvalue weighted by Gasteiger charge is 2.19. The minimum Gasteiger partial charge on any atom is -0.314 e. The van der Waals surface area contributed by atoms with Crippen molar-refractivity contribution in [3.63, 3.8) is 0 Å². The fourth-order valence-corrected chi connectivity index (χ4v) is 2.52. The topological polar surface area (TPSA) is 12.0 Å². The fourth-order valence-electron chi connectivity index (χ4n) is 1.83. The summed E-state index contributed by atoms with van der Waals surface area (Å²) in [5, 5.41) is 8.03. The predicted octanol–water partition coefficient (Wildman–Crippen LogP) is 3.56. The molecule has 86 valence electrons. The third-order valence-electron chi connectivity index (χ3n) is 3.19. The molecular formula is C13H23NS. The standard InChI is InChI=1S/C13H23NS/c1-5-14-13(11(4)10(2)3)8-12-6-7-15-9-12/h6-7,9-11,13-14H,5,8H2,1-4H3. The fraction of sp³-hybridized carbons (Fsp3) is 0.692. The zero-order chi connectivity index (χ0) is 11.3. The summed E-state index contributed by atoms with van der Waals surface area (Å²) in [5.41, 5.74) is 1.47. The van der Waals surface area contributed by atoms with E-state index >= 15 is 0 Å². The van der Waals surface area contributed by atoms with Gasteiger partial charge in [0.15, 0.2) is 0 Å². The summed E-state index contributed by atoms with van der Waals surface area (Å²) >= 11 is 1.79. The minimum atomic E-state index is 0.615. The molecule has 2 heteroatoms. The largest absolute Gasteiger partial charge is 0.314 e. The molecule has 0 amide bonds. The third kappa shape index (κ3) is 3.96. The molecule has 0 aromatic carbocycles.